The van der Waals surface area contributed by atoms with Gasteiger partial charge in [-0.15, -0.1) is 11.3 Å². The fourth-order valence-corrected chi connectivity index (χ4v) is 4.04. The SMILES string of the molecule is CCCc1sc(NC(=O)c2ccccc2C)nc1-c1cc(OC)cc(OC)c1. The first kappa shape index (κ1) is 19.9. The van der Waals surface area contributed by atoms with E-state index in [1.54, 1.807) is 14.2 Å². The van der Waals surface area contributed by atoms with Crippen LogP contribution >= 0.6 is 11.3 Å². The summed E-state index contributed by atoms with van der Waals surface area (Å²) in [7, 11) is 3.25. The van der Waals surface area contributed by atoms with Gasteiger partial charge in [0.2, 0.25) is 0 Å². The van der Waals surface area contributed by atoms with Crippen molar-refractivity contribution in [3.05, 3.63) is 58.5 Å². The quantitative estimate of drug-likeness (QED) is 0.585. The van der Waals surface area contributed by atoms with Crippen molar-refractivity contribution >= 4 is 22.4 Å². The third-order valence-electron chi connectivity index (χ3n) is 4.41. The number of nitrogens with one attached hydrogen (secondary N) is 1. The maximum Gasteiger partial charge on any atom is 0.257 e. The Hall–Kier alpha value is -2.86. The van der Waals surface area contributed by atoms with Crippen molar-refractivity contribution in [2.24, 2.45) is 0 Å². The standard InChI is InChI=1S/C22H24N2O3S/c1-5-8-19-20(15-11-16(26-3)13-17(12-15)27-4)23-22(28-19)24-21(25)18-10-7-6-9-14(18)2/h6-7,9-13H,5,8H2,1-4H3,(H,23,24,25). The van der Waals surface area contributed by atoms with Gasteiger partial charge in [0, 0.05) is 22.1 Å². The number of aromatic nitrogens is 1. The van der Waals surface area contributed by atoms with E-state index >= 15 is 0 Å². The molecular weight excluding hydrogens is 372 g/mol. The van der Waals surface area contributed by atoms with Gasteiger partial charge < -0.3 is 9.47 Å². The number of hydrogen-bond donors (Lipinski definition) is 1. The fraction of sp³-hybridized carbons (Fsp3) is 0.273. The summed E-state index contributed by atoms with van der Waals surface area (Å²) in [5.74, 6) is 1.26. The molecule has 0 aliphatic rings. The van der Waals surface area contributed by atoms with E-state index in [9.17, 15) is 4.79 Å². The maximum atomic E-state index is 12.7. The minimum Gasteiger partial charge on any atom is -0.497 e. The van der Waals surface area contributed by atoms with Gasteiger partial charge in [-0.2, -0.15) is 0 Å². The molecule has 1 aromatic heterocycles. The van der Waals surface area contributed by atoms with E-state index in [4.69, 9.17) is 14.5 Å². The van der Waals surface area contributed by atoms with E-state index in [1.807, 2.05) is 49.4 Å². The van der Waals surface area contributed by atoms with Gasteiger partial charge in [-0.05, 0) is 37.1 Å². The van der Waals surface area contributed by atoms with E-state index < -0.39 is 0 Å². The Balaban J connectivity index is 1.96. The lowest BCUT2D eigenvalue weighted by Gasteiger charge is -2.08. The van der Waals surface area contributed by atoms with Crippen molar-refractivity contribution in [1.29, 1.82) is 0 Å². The molecule has 1 amide bonds. The molecule has 0 saturated carbocycles. The van der Waals surface area contributed by atoms with Gasteiger partial charge in [0.25, 0.3) is 5.91 Å². The molecule has 0 aliphatic heterocycles. The van der Waals surface area contributed by atoms with E-state index in [0.717, 1.165) is 34.5 Å². The molecule has 6 heteroatoms. The van der Waals surface area contributed by atoms with Crippen LogP contribution in [0.1, 0.15) is 34.1 Å². The fourth-order valence-electron chi connectivity index (χ4n) is 2.96. The smallest absolute Gasteiger partial charge is 0.257 e. The van der Waals surface area contributed by atoms with Crippen LogP contribution in [0.25, 0.3) is 11.3 Å². The molecule has 0 bridgehead atoms. The number of hydrogen-bond acceptors (Lipinski definition) is 5. The Bertz CT molecular complexity index is 959. The van der Waals surface area contributed by atoms with Crippen LogP contribution < -0.4 is 14.8 Å². The molecule has 0 spiro atoms. The van der Waals surface area contributed by atoms with Crippen molar-refractivity contribution in [2.75, 3.05) is 19.5 Å². The zero-order valence-electron chi connectivity index (χ0n) is 16.5. The molecule has 0 unspecified atom stereocenters. The summed E-state index contributed by atoms with van der Waals surface area (Å²) in [5.41, 5.74) is 3.35. The number of benzene rings is 2. The second kappa shape index (κ2) is 8.89. The third-order valence-corrected chi connectivity index (χ3v) is 5.44. The highest BCUT2D eigenvalue weighted by Crippen LogP contribution is 2.36. The number of ether oxygens (including phenoxy) is 2. The van der Waals surface area contributed by atoms with Crippen molar-refractivity contribution in [1.82, 2.24) is 4.98 Å². The molecule has 0 radical (unpaired) electrons. The van der Waals surface area contributed by atoms with Gasteiger partial charge in [0.05, 0.1) is 19.9 Å². The van der Waals surface area contributed by atoms with Crippen LogP contribution in [0.15, 0.2) is 42.5 Å². The van der Waals surface area contributed by atoms with Gasteiger partial charge in [-0.3, -0.25) is 10.1 Å². The van der Waals surface area contributed by atoms with Crippen molar-refractivity contribution in [3.8, 4) is 22.8 Å². The van der Waals surface area contributed by atoms with Crippen molar-refractivity contribution in [2.45, 2.75) is 26.7 Å². The van der Waals surface area contributed by atoms with Crippen LogP contribution in [-0.2, 0) is 6.42 Å². The topological polar surface area (TPSA) is 60.5 Å². The van der Waals surface area contributed by atoms with Crippen LogP contribution in [0.3, 0.4) is 0 Å². The highest BCUT2D eigenvalue weighted by molar-refractivity contribution is 7.16. The summed E-state index contributed by atoms with van der Waals surface area (Å²) in [5, 5.41) is 3.54. The Morgan fingerprint density at radius 2 is 1.79 bits per heavy atom. The number of thiazole rings is 1. The normalized spacial score (nSPS) is 10.6. The average molecular weight is 397 g/mol. The summed E-state index contributed by atoms with van der Waals surface area (Å²) in [6.45, 7) is 4.05. The number of methoxy groups -OCH3 is 2. The largest absolute Gasteiger partial charge is 0.497 e. The first-order valence-corrected chi connectivity index (χ1v) is 9.97. The zero-order valence-corrected chi connectivity index (χ0v) is 17.4. The predicted octanol–water partition coefficient (Wildman–Crippen LogP) is 5.34. The monoisotopic (exact) mass is 396 g/mol. The molecule has 0 fully saturated rings. The Morgan fingerprint density at radius 3 is 2.39 bits per heavy atom. The Morgan fingerprint density at radius 1 is 1.11 bits per heavy atom. The van der Waals surface area contributed by atoms with E-state index in [2.05, 4.69) is 12.2 Å². The first-order chi connectivity index (χ1) is 13.5. The minimum absolute atomic E-state index is 0.148. The number of carbonyl (C=O) groups is 1. The summed E-state index contributed by atoms with van der Waals surface area (Å²) in [6, 6.07) is 13.2. The number of aryl methyl sites for hydroxylation is 2. The highest BCUT2D eigenvalue weighted by Gasteiger charge is 2.17. The van der Waals surface area contributed by atoms with Crippen LogP contribution in [0.2, 0.25) is 0 Å². The first-order valence-electron chi connectivity index (χ1n) is 9.15. The lowest BCUT2D eigenvalue weighted by Crippen LogP contribution is -2.12. The maximum absolute atomic E-state index is 12.7. The van der Waals surface area contributed by atoms with E-state index in [1.165, 1.54) is 11.3 Å². The molecule has 0 aliphatic carbocycles. The Kier molecular flexibility index (Phi) is 6.31. The molecule has 1 N–H and O–H groups in total. The molecular formula is C22H24N2O3S. The summed E-state index contributed by atoms with van der Waals surface area (Å²) in [6.07, 6.45) is 1.87. The van der Waals surface area contributed by atoms with Gasteiger partial charge in [0.1, 0.15) is 11.5 Å². The summed E-state index contributed by atoms with van der Waals surface area (Å²) in [4.78, 5) is 18.5. The van der Waals surface area contributed by atoms with Crippen LogP contribution in [0, 0.1) is 6.92 Å². The highest BCUT2D eigenvalue weighted by atomic mass is 32.1. The summed E-state index contributed by atoms with van der Waals surface area (Å²) >= 11 is 1.51. The molecule has 3 aromatic rings. The number of nitrogens with zero attached hydrogens (tertiary/aromatic N) is 1. The number of rotatable bonds is 7. The van der Waals surface area contributed by atoms with Crippen LogP contribution in [0.4, 0.5) is 5.13 Å². The van der Waals surface area contributed by atoms with Gasteiger partial charge in [0.15, 0.2) is 5.13 Å². The van der Waals surface area contributed by atoms with Gasteiger partial charge in [-0.25, -0.2) is 4.98 Å². The molecule has 146 valence electrons. The average Bonchev–Trinajstić information content (AvgIpc) is 3.10. The minimum atomic E-state index is -0.148. The van der Waals surface area contributed by atoms with Crippen LogP contribution in [0.5, 0.6) is 11.5 Å². The van der Waals surface area contributed by atoms with E-state index in [0.29, 0.717) is 22.2 Å². The zero-order chi connectivity index (χ0) is 20.1. The molecule has 28 heavy (non-hydrogen) atoms. The van der Waals surface area contributed by atoms with Gasteiger partial charge in [-0.1, -0.05) is 31.5 Å². The lowest BCUT2D eigenvalue weighted by atomic mass is 10.1. The third kappa shape index (κ3) is 4.34. The lowest BCUT2D eigenvalue weighted by molar-refractivity contribution is 0.102. The van der Waals surface area contributed by atoms with Gasteiger partial charge >= 0.3 is 0 Å². The Labute approximate surface area is 169 Å². The number of amides is 1. The van der Waals surface area contributed by atoms with E-state index in [-0.39, 0.29) is 5.91 Å². The van der Waals surface area contributed by atoms with Crippen LogP contribution in [-0.4, -0.2) is 25.1 Å². The number of carbonyl (C=O) groups excluding carboxylic acids is 1. The predicted molar refractivity (Wildman–Crippen MR) is 114 cm³/mol. The molecule has 2 aromatic carbocycles. The molecule has 5 nitrogen and oxygen atoms in total. The second-order valence-corrected chi connectivity index (χ2v) is 7.49. The van der Waals surface area contributed by atoms with Crippen molar-refractivity contribution < 1.29 is 14.3 Å². The molecule has 0 saturated heterocycles. The van der Waals surface area contributed by atoms with Crippen molar-refractivity contribution in [3.63, 3.8) is 0 Å². The summed E-state index contributed by atoms with van der Waals surface area (Å²) < 4.78 is 10.8. The molecule has 3 rings (SSSR count). The molecule has 0 atom stereocenters. The molecule has 1 heterocycles. The second-order valence-electron chi connectivity index (χ2n) is 6.41. The number of anilines is 1.